The number of ether oxygens (including phenoxy) is 2. The fraction of sp³-hybridized carbons (Fsp3) is 0.333. The molecule has 9 nitrogen and oxygen atoms in total. The van der Waals surface area contributed by atoms with Gasteiger partial charge in [0.1, 0.15) is 5.60 Å². The smallest absolute Gasteiger partial charge is 0.266 e. The second kappa shape index (κ2) is 13.4. The van der Waals surface area contributed by atoms with Gasteiger partial charge in [-0.3, -0.25) is 4.18 Å². The molecule has 0 aliphatic carbocycles. The van der Waals surface area contributed by atoms with Crippen molar-refractivity contribution in [1.82, 2.24) is 0 Å². The van der Waals surface area contributed by atoms with Gasteiger partial charge >= 0.3 is 0 Å². The third-order valence-corrected chi connectivity index (χ3v) is 6.68. The molecule has 2 unspecified atom stereocenters. The molecule has 0 aromatic heterocycles. The van der Waals surface area contributed by atoms with Gasteiger partial charge in [-0.15, -0.1) is 0 Å². The van der Waals surface area contributed by atoms with Crippen LogP contribution in [-0.4, -0.2) is 66.7 Å². The Bertz CT molecular complexity index is 1230. The molecule has 3 rings (SSSR count). The van der Waals surface area contributed by atoms with Gasteiger partial charge in [0.15, 0.2) is 6.29 Å². The second-order valence-corrected chi connectivity index (χ2v) is 11.8. The highest BCUT2D eigenvalue weighted by atomic mass is 32.2. The fourth-order valence-electron chi connectivity index (χ4n) is 4.04. The molecular weight excluding hydrogens is 532 g/mol. The van der Waals surface area contributed by atoms with E-state index in [2.05, 4.69) is 4.18 Å². The highest BCUT2D eigenvalue weighted by molar-refractivity contribution is 7.86. The van der Waals surface area contributed by atoms with Gasteiger partial charge in [0.25, 0.3) is 20.2 Å². The predicted molar refractivity (Wildman–Crippen MR) is 142 cm³/mol. The highest BCUT2D eigenvalue weighted by Crippen LogP contribution is 2.40. The Morgan fingerprint density at radius 2 is 1.16 bits per heavy atom. The maximum absolute atomic E-state index is 11.5. The molecule has 0 spiro atoms. The third kappa shape index (κ3) is 8.98. The summed E-state index contributed by atoms with van der Waals surface area (Å²) in [6, 6.07) is 28.8. The lowest BCUT2D eigenvalue weighted by Crippen LogP contribution is -2.38. The maximum Gasteiger partial charge on any atom is 0.266 e. The van der Waals surface area contributed by atoms with E-state index in [0.717, 1.165) is 29.2 Å². The van der Waals surface area contributed by atoms with Crippen LogP contribution in [0.3, 0.4) is 0 Å². The Balaban J connectivity index is 1.96. The van der Waals surface area contributed by atoms with Crippen LogP contribution in [0.15, 0.2) is 91.0 Å². The van der Waals surface area contributed by atoms with Crippen LogP contribution in [0.2, 0.25) is 0 Å². The topological polar surface area (TPSA) is 125 Å². The van der Waals surface area contributed by atoms with Gasteiger partial charge in [-0.2, -0.15) is 16.8 Å². The molecule has 206 valence electrons. The molecule has 0 aliphatic heterocycles. The monoisotopic (exact) mass is 564 g/mol. The molecular formula is C27H32O9S2. The van der Waals surface area contributed by atoms with Crippen molar-refractivity contribution in [3.8, 4) is 0 Å². The minimum absolute atomic E-state index is 0.109. The molecule has 11 heteroatoms. The number of rotatable bonds is 15. The highest BCUT2D eigenvalue weighted by Gasteiger charge is 2.38. The number of benzene rings is 3. The summed E-state index contributed by atoms with van der Waals surface area (Å²) in [5, 5.41) is 10.3. The Labute approximate surface area is 224 Å². The van der Waals surface area contributed by atoms with Crippen LogP contribution < -0.4 is 0 Å². The summed E-state index contributed by atoms with van der Waals surface area (Å²) >= 11 is 0. The molecule has 0 saturated heterocycles. The molecule has 0 aliphatic rings. The molecule has 38 heavy (non-hydrogen) atoms. The first kappa shape index (κ1) is 29.9. The van der Waals surface area contributed by atoms with Crippen molar-refractivity contribution in [3.63, 3.8) is 0 Å². The molecule has 2 atom stereocenters. The van der Waals surface area contributed by atoms with Gasteiger partial charge in [-0.05, 0) is 16.7 Å². The van der Waals surface area contributed by atoms with E-state index in [1.807, 2.05) is 91.0 Å². The zero-order valence-corrected chi connectivity index (χ0v) is 22.8. The fourth-order valence-corrected chi connectivity index (χ4v) is 4.89. The van der Waals surface area contributed by atoms with E-state index in [1.54, 1.807) is 0 Å². The van der Waals surface area contributed by atoms with Gasteiger partial charge < -0.3 is 14.6 Å². The molecule has 0 amide bonds. The molecule has 3 aromatic carbocycles. The number of hydrogen-bond acceptors (Lipinski definition) is 9. The summed E-state index contributed by atoms with van der Waals surface area (Å²) in [5.41, 5.74) is 1.43. The molecule has 3 aromatic rings. The van der Waals surface area contributed by atoms with Crippen molar-refractivity contribution in [3.05, 3.63) is 108 Å². The normalized spacial score (nSPS) is 14.2. The summed E-state index contributed by atoms with van der Waals surface area (Å²) in [7, 11) is -7.61. The van der Waals surface area contributed by atoms with Crippen LogP contribution in [0.25, 0.3) is 0 Å². The summed E-state index contributed by atoms with van der Waals surface area (Å²) in [5.74, 6) is 0. The van der Waals surface area contributed by atoms with E-state index >= 15 is 0 Å². The Morgan fingerprint density at radius 1 is 0.711 bits per heavy atom. The van der Waals surface area contributed by atoms with Crippen molar-refractivity contribution in [2.24, 2.45) is 0 Å². The zero-order chi connectivity index (χ0) is 27.7. The average molecular weight is 565 g/mol. The van der Waals surface area contributed by atoms with E-state index in [-0.39, 0.29) is 26.2 Å². The van der Waals surface area contributed by atoms with Crippen molar-refractivity contribution in [2.45, 2.75) is 24.4 Å². The Morgan fingerprint density at radius 3 is 1.55 bits per heavy atom. The first-order chi connectivity index (χ1) is 18.0. The molecule has 0 heterocycles. The van der Waals surface area contributed by atoms with Crippen molar-refractivity contribution in [1.29, 1.82) is 0 Å². The second-order valence-electron chi connectivity index (χ2n) is 8.60. The van der Waals surface area contributed by atoms with Crippen LogP contribution in [0.4, 0.5) is 0 Å². The van der Waals surface area contributed by atoms with Gasteiger partial charge in [0, 0.05) is 6.42 Å². The predicted octanol–water partition coefficient (Wildman–Crippen LogP) is 3.04. The van der Waals surface area contributed by atoms with E-state index in [1.165, 1.54) is 0 Å². The van der Waals surface area contributed by atoms with Crippen LogP contribution in [0.5, 0.6) is 0 Å². The molecule has 0 radical (unpaired) electrons. The summed E-state index contributed by atoms with van der Waals surface area (Å²) in [6.07, 6.45) is -1.10. The molecule has 0 fully saturated rings. The van der Waals surface area contributed by atoms with Crippen LogP contribution in [0, 0.1) is 0 Å². The van der Waals surface area contributed by atoms with Gasteiger partial charge in [0.05, 0.1) is 38.4 Å². The maximum atomic E-state index is 11.5. The minimum Gasteiger partial charge on any atom is -0.373 e. The lowest BCUT2D eigenvalue weighted by atomic mass is 9.80. The van der Waals surface area contributed by atoms with E-state index in [0.29, 0.717) is 0 Å². The summed E-state index contributed by atoms with van der Waals surface area (Å²) in [6.45, 7) is -0.525. The van der Waals surface area contributed by atoms with Gasteiger partial charge in [-0.1, -0.05) is 91.0 Å². The van der Waals surface area contributed by atoms with Crippen molar-refractivity contribution in [2.75, 3.05) is 32.3 Å². The van der Waals surface area contributed by atoms with E-state index in [4.69, 9.17) is 13.7 Å². The molecule has 0 bridgehead atoms. The largest absolute Gasteiger partial charge is 0.373 e. The van der Waals surface area contributed by atoms with Crippen molar-refractivity contribution >= 4 is 20.2 Å². The average Bonchev–Trinajstić information content (AvgIpc) is 2.87. The van der Waals surface area contributed by atoms with Crippen LogP contribution >= 0.6 is 0 Å². The molecule has 0 saturated carbocycles. The number of aliphatic hydroxyl groups excluding tert-OH is 1. The third-order valence-electron chi connectivity index (χ3n) is 5.51. The van der Waals surface area contributed by atoms with Crippen LogP contribution in [0.1, 0.15) is 23.1 Å². The first-order valence-electron chi connectivity index (χ1n) is 11.8. The summed E-state index contributed by atoms with van der Waals surface area (Å²) in [4.78, 5) is 0. The SMILES string of the molecule is CS(=O)(=O)OCCOC(COC(c1ccccc1)(c1ccccc1)c1ccccc1)CC(O)OS(C)(=O)=O. The Hall–Kier alpha value is -2.64. The first-order valence-corrected chi connectivity index (χ1v) is 15.5. The zero-order valence-electron chi connectivity index (χ0n) is 21.2. The minimum atomic E-state index is -3.94. The quantitative estimate of drug-likeness (QED) is 0.128. The van der Waals surface area contributed by atoms with E-state index < -0.39 is 38.2 Å². The Kier molecular flexibility index (Phi) is 10.6. The van der Waals surface area contributed by atoms with Gasteiger partial charge in [-0.25, -0.2) is 4.18 Å². The number of aliphatic hydroxyl groups is 1. The summed E-state index contributed by atoms with van der Waals surface area (Å²) < 4.78 is 67.5. The van der Waals surface area contributed by atoms with Crippen LogP contribution in [-0.2, 0) is 43.7 Å². The van der Waals surface area contributed by atoms with E-state index in [9.17, 15) is 21.9 Å². The van der Waals surface area contributed by atoms with Crippen molar-refractivity contribution < 1.29 is 39.8 Å². The lowest BCUT2D eigenvalue weighted by Gasteiger charge is -2.37. The standard InChI is InChI=1S/C27H32O9S2/c1-37(29,30)35-19-18-33-25(20-26(28)36-38(2,31)32)21-34-27(22-12-6-3-7-13-22,23-14-8-4-9-15-23)24-16-10-5-11-17-24/h3-17,25-26,28H,18-21H2,1-2H3. The lowest BCUT2D eigenvalue weighted by molar-refractivity contribution is -0.108. The van der Waals surface area contributed by atoms with Gasteiger partial charge in [0.2, 0.25) is 0 Å². The number of hydrogen-bond donors (Lipinski definition) is 1. The molecule has 1 N–H and O–H groups in total.